The van der Waals surface area contributed by atoms with Crippen LogP contribution in [0.2, 0.25) is 0 Å². The van der Waals surface area contributed by atoms with Crippen LogP contribution < -0.4 is 15.5 Å². The van der Waals surface area contributed by atoms with Gasteiger partial charge in [0.1, 0.15) is 17.8 Å². The minimum atomic E-state index is -0.912. The summed E-state index contributed by atoms with van der Waals surface area (Å²) in [6.45, 7) is 4.64. The summed E-state index contributed by atoms with van der Waals surface area (Å²) in [6.07, 6.45) is 5.89. The Kier molecular flexibility index (Phi) is 4.14. The molecule has 3 aliphatic heterocycles. The molecule has 0 bridgehead atoms. The van der Waals surface area contributed by atoms with Crippen LogP contribution in [0.15, 0.2) is 36.8 Å². The highest BCUT2D eigenvalue weighted by atomic mass is 19.1. The van der Waals surface area contributed by atoms with E-state index in [4.69, 9.17) is 9.72 Å². The van der Waals surface area contributed by atoms with Crippen LogP contribution in [0.1, 0.15) is 6.42 Å². The van der Waals surface area contributed by atoms with Crippen LogP contribution in [0.4, 0.5) is 16.0 Å². The number of fused-ring (bicyclic) bond motifs is 1. The average molecular weight is 409 g/mol. The van der Waals surface area contributed by atoms with Crippen molar-refractivity contribution in [2.24, 2.45) is 5.41 Å². The number of nitrogens with zero attached hydrogens (tertiary/aromatic N) is 5. The fourth-order valence-corrected chi connectivity index (χ4v) is 4.62. The molecule has 2 N–H and O–H groups in total. The Bertz CT molecular complexity index is 1080. The van der Waals surface area contributed by atoms with Crippen molar-refractivity contribution >= 4 is 17.3 Å². The number of anilines is 2. The van der Waals surface area contributed by atoms with E-state index >= 15 is 0 Å². The highest BCUT2D eigenvalue weighted by molar-refractivity contribution is 5.63. The maximum atomic E-state index is 13.9. The minimum absolute atomic E-state index is 0.260. The van der Waals surface area contributed by atoms with Crippen LogP contribution in [-0.4, -0.2) is 71.0 Å². The monoisotopic (exact) mass is 409 g/mol. The van der Waals surface area contributed by atoms with E-state index in [-0.39, 0.29) is 6.04 Å². The van der Waals surface area contributed by atoms with E-state index < -0.39 is 6.17 Å². The molecule has 3 aromatic heterocycles. The number of ether oxygens (including phenoxy) is 1. The van der Waals surface area contributed by atoms with Gasteiger partial charge in [0.05, 0.1) is 49.2 Å². The van der Waals surface area contributed by atoms with E-state index in [9.17, 15) is 4.39 Å². The highest BCUT2D eigenvalue weighted by Crippen LogP contribution is 2.39. The number of alkyl halides is 1. The van der Waals surface area contributed by atoms with Gasteiger partial charge in [-0.1, -0.05) is 6.07 Å². The van der Waals surface area contributed by atoms with Crippen LogP contribution in [0.5, 0.6) is 0 Å². The molecule has 30 heavy (non-hydrogen) atoms. The summed E-state index contributed by atoms with van der Waals surface area (Å²) in [6, 6.07) is 5.49. The lowest BCUT2D eigenvalue weighted by atomic mass is 9.85. The normalized spacial score (nSPS) is 25.2. The Morgan fingerprint density at radius 1 is 1.20 bits per heavy atom. The number of pyridine rings is 1. The van der Waals surface area contributed by atoms with Crippen molar-refractivity contribution in [2.75, 3.05) is 49.6 Å². The smallest absolute Gasteiger partial charge is 0.155 e. The van der Waals surface area contributed by atoms with Crippen molar-refractivity contribution in [1.29, 1.82) is 0 Å². The van der Waals surface area contributed by atoms with Gasteiger partial charge in [0.25, 0.3) is 0 Å². The fourth-order valence-electron chi connectivity index (χ4n) is 4.62. The molecule has 0 unspecified atom stereocenters. The standard InChI is InChI=1S/C21H24FN7O/c22-14-6-23-7-16(14)27-18-3-1-2-15(26-18)17-8-24-19-9-25-20(10-29(17)19)28-5-4-21(11-28)12-30-13-21/h1-3,8-10,14,16,23H,4-7,11-13H2,(H,26,27)/t14-,16-/m0/s1. The van der Waals surface area contributed by atoms with E-state index in [0.717, 1.165) is 55.6 Å². The first-order chi connectivity index (χ1) is 14.7. The molecule has 6 heterocycles. The molecule has 0 saturated carbocycles. The van der Waals surface area contributed by atoms with E-state index in [1.54, 1.807) is 6.20 Å². The lowest BCUT2D eigenvalue weighted by Gasteiger charge is -2.37. The summed E-state index contributed by atoms with van der Waals surface area (Å²) in [4.78, 5) is 16.2. The van der Waals surface area contributed by atoms with Gasteiger partial charge in [0, 0.05) is 31.6 Å². The van der Waals surface area contributed by atoms with E-state index in [1.807, 2.05) is 35.0 Å². The third kappa shape index (κ3) is 3.00. The number of hydrogen-bond acceptors (Lipinski definition) is 7. The van der Waals surface area contributed by atoms with Gasteiger partial charge >= 0.3 is 0 Å². The Morgan fingerprint density at radius 3 is 2.90 bits per heavy atom. The summed E-state index contributed by atoms with van der Waals surface area (Å²) in [5.41, 5.74) is 2.76. The van der Waals surface area contributed by atoms with Gasteiger partial charge in [-0.05, 0) is 18.6 Å². The van der Waals surface area contributed by atoms with Gasteiger partial charge in [-0.25, -0.2) is 19.3 Å². The Labute approximate surface area is 173 Å². The van der Waals surface area contributed by atoms with Crippen LogP contribution in [0.3, 0.4) is 0 Å². The van der Waals surface area contributed by atoms with Crippen molar-refractivity contribution in [3.05, 3.63) is 36.8 Å². The Balaban J connectivity index is 1.30. The van der Waals surface area contributed by atoms with Crippen molar-refractivity contribution in [1.82, 2.24) is 24.7 Å². The highest BCUT2D eigenvalue weighted by Gasteiger charge is 2.44. The third-order valence-corrected chi connectivity index (χ3v) is 6.45. The number of imidazole rings is 1. The van der Waals surface area contributed by atoms with E-state index in [0.29, 0.717) is 24.3 Å². The van der Waals surface area contributed by atoms with Gasteiger partial charge in [0.15, 0.2) is 5.65 Å². The number of aromatic nitrogens is 4. The first-order valence-corrected chi connectivity index (χ1v) is 10.4. The molecule has 3 aromatic rings. The van der Waals surface area contributed by atoms with Crippen molar-refractivity contribution in [2.45, 2.75) is 18.6 Å². The third-order valence-electron chi connectivity index (χ3n) is 6.45. The summed E-state index contributed by atoms with van der Waals surface area (Å²) in [7, 11) is 0. The first kappa shape index (κ1) is 18.0. The molecule has 0 amide bonds. The molecule has 0 radical (unpaired) electrons. The molecule has 3 fully saturated rings. The summed E-state index contributed by atoms with van der Waals surface area (Å²) in [5, 5.41) is 6.27. The Morgan fingerprint density at radius 2 is 2.13 bits per heavy atom. The summed E-state index contributed by atoms with van der Waals surface area (Å²) < 4.78 is 21.4. The van der Waals surface area contributed by atoms with Crippen LogP contribution in [0, 0.1) is 5.41 Å². The lowest BCUT2D eigenvalue weighted by Crippen LogP contribution is -2.44. The predicted molar refractivity (Wildman–Crippen MR) is 111 cm³/mol. The van der Waals surface area contributed by atoms with Crippen LogP contribution in [0.25, 0.3) is 17.0 Å². The topological polar surface area (TPSA) is 79.6 Å². The summed E-state index contributed by atoms with van der Waals surface area (Å²) >= 11 is 0. The van der Waals surface area contributed by atoms with Crippen molar-refractivity contribution in [3.8, 4) is 11.4 Å². The van der Waals surface area contributed by atoms with Gasteiger partial charge < -0.3 is 20.3 Å². The molecule has 3 saturated heterocycles. The maximum absolute atomic E-state index is 13.9. The molecule has 156 valence electrons. The maximum Gasteiger partial charge on any atom is 0.155 e. The van der Waals surface area contributed by atoms with Crippen molar-refractivity contribution in [3.63, 3.8) is 0 Å². The first-order valence-electron chi connectivity index (χ1n) is 10.4. The van der Waals surface area contributed by atoms with E-state index in [2.05, 4.69) is 25.5 Å². The average Bonchev–Trinajstić information content (AvgIpc) is 3.46. The lowest BCUT2D eigenvalue weighted by molar-refractivity contribution is -0.0985. The zero-order valence-corrected chi connectivity index (χ0v) is 16.6. The second-order valence-corrected chi connectivity index (χ2v) is 8.61. The molecular formula is C21H24FN7O. The molecule has 0 aromatic carbocycles. The molecule has 1 spiro atoms. The molecule has 0 aliphatic carbocycles. The van der Waals surface area contributed by atoms with Gasteiger partial charge in [0.2, 0.25) is 0 Å². The zero-order valence-electron chi connectivity index (χ0n) is 16.6. The van der Waals surface area contributed by atoms with Crippen LogP contribution in [-0.2, 0) is 4.74 Å². The molecule has 8 nitrogen and oxygen atoms in total. The van der Waals surface area contributed by atoms with E-state index in [1.165, 1.54) is 0 Å². The van der Waals surface area contributed by atoms with Crippen molar-refractivity contribution < 1.29 is 9.13 Å². The zero-order chi connectivity index (χ0) is 20.1. The number of hydrogen-bond donors (Lipinski definition) is 2. The molecule has 2 atom stereocenters. The van der Waals surface area contributed by atoms with Gasteiger partial charge in [-0.15, -0.1) is 0 Å². The number of nitrogens with one attached hydrogen (secondary N) is 2. The van der Waals surface area contributed by atoms with Crippen LogP contribution >= 0.6 is 0 Å². The fraction of sp³-hybridized carbons (Fsp3) is 0.476. The molecule has 9 heteroatoms. The number of rotatable bonds is 4. The Hall–Kier alpha value is -2.78. The second kappa shape index (κ2) is 6.88. The number of halogens is 1. The largest absolute Gasteiger partial charge is 0.380 e. The molecular weight excluding hydrogens is 385 g/mol. The second-order valence-electron chi connectivity index (χ2n) is 8.61. The molecule has 6 rings (SSSR count). The summed E-state index contributed by atoms with van der Waals surface area (Å²) in [5.74, 6) is 1.61. The van der Waals surface area contributed by atoms with Gasteiger partial charge in [-0.3, -0.25) is 4.40 Å². The van der Waals surface area contributed by atoms with Gasteiger partial charge in [-0.2, -0.15) is 0 Å². The minimum Gasteiger partial charge on any atom is -0.380 e. The predicted octanol–water partition coefficient (Wildman–Crippen LogP) is 1.74. The molecule has 3 aliphatic rings. The quantitative estimate of drug-likeness (QED) is 0.680. The SMILES string of the molecule is F[C@H]1CNC[C@@H]1Nc1cccc(-c2cnc3cnc(N4CCC5(COC5)C4)cn23)n1.